The maximum Gasteiger partial charge on any atom is 0.211 e. The predicted octanol–water partition coefficient (Wildman–Crippen LogP) is 3.31. The Kier molecular flexibility index (Phi) is 4.86. The molecule has 0 saturated heterocycles. The zero-order valence-corrected chi connectivity index (χ0v) is 13.7. The molecule has 0 aliphatic carbocycles. The zero-order valence-electron chi connectivity index (χ0n) is 12.1. The smallest absolute Gasteiger partial charge is 0.211 e. The van der Waals surface area contributed by atoms with Crippen LogP contribution >= 0.6 is 23.4 Å². The summed E-state index contributed by atoms with van der Waals surface area (Å²) in [5, 5.41) is 28.5. The number of nitrogens with two attached hydrogens (primary N) is 1. The second-order valence-electron chi connectivity index (χ2n) is 4.48. The molecule has 7 heteroatoms. The third-order valence-corrected chi connectivity index (χ3v) is 4.71. The Hall–Kier alpha value is -2.59. The van der Waals surface area contributed by atoms with Crippen LogP contribution in [0.25, 0.3) is 0 Å². The van der Waals surface area contributed by atoms with Gasteiger partial charge in [0.05, 0.1) is 5.57 Å². The normalized spacial score (nSPS) is 19.5. The van der Waals surface area contributed by atoms with Crippen molar-refractivity contribution in [2.24, 2.45) is 5.73 Å². The lowest BCUT2D eigenvalue weighted by Gasteiger charge is -2.30. The largest absolute Gasteiger partial charge is 0.452 e. The van der Waals surface area contributed by atoms with Crippen molar-refractivity contribution in [2.75, 3.05) is 5.75 Å². The lowest BCUT2D eigenvalue weighted by molar-refractivity contribution is 0.134. The van der Waals surface area contributed by atoms with E-state index in [2.05, 4.69) is 0 Å². The number of halogens is 1. The molecule has 1 aromatic rings. The molecule has 1 heterocycles. The van der Waals surface area contributed by atoms with Gasteiger partial charge in [-0.25, -0.2) is 0 Å². The molecule has 0 fully saturated rings. The molecular weight excluding hydrogens is 332 g/mol. The van der Waals surface area contributed by atoms with Crippen LogP contribution < -0.4 is 5.73 Å². The summed E-state index contributed by atoms with van der Waals surface area (Å²) < 4.78 is 5.81. The number of thioether (sulfide) groups is 1. The summed E-state index contributed by atoms with van der Waals surface area (Å²) in [6.45, 7) is 1.91. The number of hydrogen-bond donors (Lipinski definition) is 1. The van der Waals surface area contributed by atoms with Gasteiger partial charge in [-0.2, -0.15) is 15.8 Å². The fraction of sp³-hybridized carbons (Fsp3) is 0.188. The van der Waals surface area contributed by atoms with Gasteiger partial charge >= 0.3 is 0 Å². The minimum absolute atomic E-state index is 0.0130. The summed E-state index contributed by atoms with van der Waals surface area (Å²) in [4.78, 5) is -1.21. The minimum atomic E-state index is -1.21. The molecule has 0 radical (unpaired) electrons. The van der Waals surface area contributed by atoms with Crippen molar-refractivity contribution in [3.63, 3.8) is 0 Å². The number of hydrogen-bond acceptors (Lipinski definition) is 6. The molecule has 5 nitrogen and oxygen atoms in total. The molecule has 2 N–H and O–H groups in total. The van der Waals surface area contributed by atoms with E-state index in [0.717, 1.165) is 0 Å². The van der Waals surface area contributed by atoms with Crippen molar-refractivity contribution in [1.29, 1.82) is 15.8 Å². The highest BCUT2D eigenvalue weighted by atomic mass is 35.5. The van der Waals surface area contributed by atoms with Crippen LogP contribution in [0.3, 0.4) is 0 Å². The molecule has 23 heavy (non-hydrogen) atoms. The van der Waals surface area contributed by atoms with Crippen molar-refractivity contribution in [3.8, 4) is 18.2 Å². The van der Waals surface area contributed by atoms with Crippen molar-refractivity contribution in [1.82, 2.24) is 0 Å². The molecule has 1 aliphatic heterocycles. The van der Waals surface area contributed by atoms with Crippen LogP contribution in [-0.2, 0) is 9.67 Å². The van der Waals surface area contributed by atoms with Gasteiger partial charge in [0.2, 0.25) is 10.8 Å². The summed E-state index contributed by atoms with van der Waals surface area (Å²) in [5.41, 5.74) is 6.50. The summed E-state index contributed by atoms with van der Waals surface area (Å²) >= 11 is 7.26. The first-order valence-electron chi connectivity index (χ1n) is 6.58. The zero-order chi connectivity index (χ0) is 17.0. The Morgan fingerprint density at radius 3 is 2.35 bits per heavy atom. The molecule has 0 amide bonds. The molecule has 0 saturated carbocycles. The van der Waals surface area contributed by atoms with E-state index in [1.807, 2.05) is 25.1 Å². The molecule has 1 aliphatic rings. The van der Waals surface area contributed by atoms with Gasteiger partial charge in [-0.3, -0.25) is 0 Å². The Bertz CT molecular complexity index is 808. The highest BCUT2D eigenvalue weighted by molar-refractivity contribution is 8.00. The summed E-state index contributed by atoms with van der Waals surface area (Å²) in [7, 11) is 0. The second kappa shape index (κ2) is 6.67. The third-order valence-electron chi connectivity index (χ3n) is 3.24. The van der Waals surface area contributed by atoms with Crippen molar-refractivity contribution < 1.29 is 4.74 Å². The van der Waals surface area contributed by atoms with Gasteiger partial charge in [-0.15, -0.1) is 11.8 Å². The maximum atomic E-state index is 9.39. The topological polar surface area (TPSA) is 107 Å². The van der Waals surface area contributed by atoms with Gasteiger partial charge in [0.25, 0.3) is 0 Å². The van der Waals surface area contributed by atoms with E-state index in [4.69, 9.17) is 22.1 Å². The molecule has 0 aromatic heterocycles. The highest BCUT2D eigenvalue weighted by Crippen LogP contribution is 2.53. The molecule has 114 valence electrons. The SMILES string of the molecule is CCS[C@]1(c2ccc(Cl)cc2)OC(N)=C(C#N)C1=C(C#N)C#N. The van der Waals surface area contributed by atoms with Crippen LogP contribution in [0.2, 0.25) is 5.02 Å². The number of nitriles is 3. The van der Waals surface area contributed by atoms with Crippen LogP contribution in [0.15, 0.2) is 46.9 Å². The van der Waals surface area contributed by atoms with E-state index in [1.165, 1.54) is 11.8 Å². The first-order chi connectivity index (χ1) is 11.0. The van der Waals surface area contributed by atoms with E-state index in [-0.39, 0.29) is 22.6 Å². The van der Waals surface area contributed by atoms with Gasteiger partial charge in [0, 0.05) is 10.6 Å². The average Bonchev–Trinajstić information content (AvgIpc) is 2.82. The lowest BCUT2D eigenvalue weighted by Crippen LogP contribution is -2.26. The Balaban J connectivity index is 2.81. The van der Waals surface area contributed by atoms with Gasteiger partial charge in [0.1, 0.15) is 29.4 Å². The molecule has 0 bridgehead atoms. The van der Waals surface area contributed by atoms with Crippen LogP contribution in [-0.4, -0.2) is 5.75 Å². The first-order valence-corrected chi connectivity index (χ1v) is 7.94. The fourth-order valence-corrected chi connectivity index (χ4v) is 3.68. The van der Waals surface area contributed by atoms with Crippen LogP contribution in [0.4, 0.5) is 0 Å². The van der Waals surface area contributed by atoms with E-state index in [1.54, 1.807) is 24.3 Å². The lowest BCUT2D eigenvalue weighted by atomic mass is 9.93. The van der Waals surface area contributed by atoms with Gasteiger partial charge in [0.15, 0.2) is 0 Å². The Morgan fingerprint density at radius 1 is 1.26 bits per heavy atom. The second-order valence-corrected chi connectivity index (χ2v) is 6.36. The first kappa shape index (κ1) is 16.8. The van der Waals surface area contributed by atoms with Gasteiger partial charge in [-0.05, 0) is 17.9 Å². The summed E-state index contributed by atoms with van der Waals surface area (Å²) in [6, 6.07) is 12.4. The third kappa shape index (κ3) is 2.73. The van der Waals surface area contributed by atoms with Gasteiger partial charge in [-0.1, -0.05) is 30.7 Å². The van der Waals surface area contributed by atoms with Crippen molar-refractivity contribution in [2.45, 2.75) is 11.9 Å². The van der Waals surface area contributed by atoms with Crippen LogP contribution in [0.5, 0.6) is 0 Å². The van der Waals surface area contributed by atoms with E-state index in [9.17, 15) is 15.8 Å². The number of benzene rings is 1. The summed E-state index contributed by atoms with van der Waals surface area (Å²) in [5.74, 6) is 0.517. The number of rotatable bonds is 3. The van der Waals surface area contributed by atoms with Crippen molar-refractivity contribution >= 4 is 23.4 Å². The number of allylic oxidation sites excluding steroid dienone is 1. The standard InChI is InChI=1S/C16H11ClN4OS/c1-2-23-16(11-3-5-12(17)6-4-11)14(10(7-18)8-19)13(9-20)15(21)22-16/h3-6H,2,21H2,1H3/t16-/m0/s1. The molecule has 0 spiro atoms. The maximum absolute atomic E-state index is 9.39. The Morgan fingerprint density at radius 2 is 1.87 bits per heavy atom. The minimum Gasteiger partial charge on any atom is -0.452 e. The quantitative estimate of drug-likeness (QED) is 0.844. The molecule has 1 aromatic carbocycles. The highest BCUT2D eigenvalue weighted by Gasteiger charge is 2.49. The van der Waals surface area contributed by atoms with E-state index < -0.39 is 4.93 Å². The predicted molar refractivity (Wildman–Crippen MR) is 87.4 cm³/mol. The summed E-state index contributed by atoms with van der Waals surface area (Å²) in [6.07, 6.45) is 0. The Labute approximate surface area is 143 Å². The van der Waals surface area contributed by atoms with Crippen molar-refractivity contribution in [3.05, 3.63) is 57.5 Å². The van der Waals surface area contributed by atoms with Crippen LogP contribution in [0.1, 0.15) is 12.5 Å². The molecule has 1 atom stereocenters. The monoisotopic (exact) mass is 342 g/mol. The van der Waals surface area contributed by atoms with Gasteiger partial charge < -0.3 is 10.5 Å². The van der Waals surface area contributed by atoms with E-state index in [0.29, 0.717) is 16.3 Å². The molecule has 0 unspecified atom stereocenters. The molecular formula is C16H11ClN4OS. The van der Waals surface area contributed by atoms with Crippen LogP contribution in [0, 0.1) is 34.0 Å². The van der Waals surface area contributed by atoms with E-state index >= 15 is 0 Å². The molecule has 2 rings (SSSR count). The average molecular weight is 343 g/mol. The fourth-order valence-electron chi connectivity index (χ4n) is 2.34. The number of nitrogens with zero attached hydrogens (tertiary/aromatic N) is 3. The number of ether oxygens (including phenoxy) is 1.